The molecule has 27 heavy (non-hydrogen) atoms. The van der Waals surface area contributed by atoms with Crippen LogP contribution >= 0.6 is 0 Å². The molecule has 2 N–H and O–H groups in total. The predicted molar refractivity (Wildman–Crippen MR) is 100.0 cm³/mol. The molecule has 142 valence electrons. The highest BCUT2D eigenvalue weighted by Crippen LogP contribution is 2.17. The third-order valence-electron chi connectivity index (χ3n) is 4.59. The number of hydrogen-bond donors (Lipinski definition) is 1. The van der Waals surface area contributed by atoms with E-state index in [2.05, 4.69) is 0 Å². The summed E-state index contributed by atoms with van der Waals surface area (Å²) in [6, 6.07) is 10.8. The standard InChI is InChI=1S/C20H22FN3O3/c1-14-2-5-16(22)12-18(14)20(26)24-10-8-23(9-11-24)19(25)13-27-17-6-3-15(21)4-7-17/h2-7,12H,8-11,13,22H2,1H3. The monoisotopic (exact) mass is 371 g/mol. The number of ether oxygens (including phenoxy) is 1. The molecular formula is C20H22FN3O3. The van der Waals surface area contributed by atoms with Crippen molar-refractivity contribution in [1.82, 2.24) is 9.80 Å². The minimum Gasteiger partial charge on any atom is -0.484 e. The molecule has 0 aliphatic carbocycles. The molecule has 0 radical (unpaired) electrons. The second-order valence-electron chi connectivity index (χ2n) is 6.49. The van der Waals surface area contributed by atoms with Crippen LogP contribution in [0.25, 0.3) is 0 Å². The number of carbonyl (C=O) groups is 2. The van der Waals surface area contributed by atoms with Gasteiger partial charge in [-0.2, -0.15) is 0 Å². The number of halogens is 1. The van der Waals surface area contributed by atoms with Crippen LogP contribution in [0.5, 0.6) is 5.75 Å². The summed E-state index contributed by atoms with van der Waals surface area (Å²) in [6.07, 6.45) is 0. The Kier molecular flexibility index (Phi) is 5.59. The van der Waals surface area contributed by atoms with Gasteiger partial charge in [-0.1, -0.05) is 6.07 Å². The summed E-state index contributed by atoms with van der Waals surface area (Å²) in [6.45, 7) is 3.55. The molecule has 2 amide bonds. The Labute approximate surface area is 157 Å². The van der Waals surface area contributed by atoms with Crippen molar-refractivity contribution in [1.29, 1.82) is 0 Å². The van der Waals surface area contributed by atoms with Crippen LogP contribution in [0.2, 0.25) is 0 Å². The largest absolute Gasteiger partial charge is 0.484 e. The van der Waals surface area contributed by atoms with E-state index in [1.165, 1.54) is 24.3 Å². The summed E-state index contributed by atoms with van der Waals surface area (Å²) in [4.78, 5) is 28.4. The van der Waals surface area contributed by atoms with E-state index in [0.29, 0.717) is 43.2 Å². The SMILES string of the molecule is Cc1ccc(N)cc1C(=O)N1CCN(C(=O)COc2ccc(F)cc2)CC1. The lowest BCUT2D eigenvalue weighted by Gasteiger charge is -2.35. The Bertz CT molecular complexity index is 831. The van der Waals surface area contributed by atoms with Crippen LogP contribution in [0.3, 0.4) is 0 Å². The number of aryl methyl sites for hydroxylation is 1. The molecule has 1 saturated heterocycles. The number of carbonyl (C=O) groups excluding carboxylic acids is 2. The molecule has 0 unspecified atom stereocenters. The van der Waals surface area contributed by atoms with Crippen molar-refractivity contribution in [2.24, 2.45) is 0 Å². The van der Waals surface area contributed by atoms with Crippen molar-refractivity contribution in [2.75, 3.05) is 38.5 Å². The van der Waals surface area contributed by atoms with Gasteiger partial charge in [0.05, 0.1) is 0 Å². The molecule has 1 heterocycles. The van der Waals surface area contributed by atoms with Gasteiger partial charge in [-0.3, -0.25) is 9.59 Å². The Morgan fingerprint density at radius 2 is 1.67 bits per heavy atom. The molecule has 0 spiro atoms. The molecule has 6 nitrogen and oxygen atoms in total. The van der Waals surface area contributed by atoms with Crippen molar-refractivity contribution >= 4 is 17.5 Å². The van der Waals surface area contributed by atoms with Gasteiger partial charge in [0.1, 0.15) is 11.6 Å². The smallest absolute Gasteiger partial charge is 0.260 e. The summed E-state index contributed by atoms with van der Waals surface area (Å²) in [5.41, 5.74) is 7.81. The second kappa shape index (κ2) is 8.07. The molecule has 1 aliphatic rings. The highest BCUT2D eigenvalue weighted by molar-refractivity contribution is 5.96. The Hall–Kier alpha value is -3.09. The van der Waals surface area contributed by atoms with Crippen LogP contribution < -0.4 is 10.5 Å². The third-order valence-corrected chi connectivity index (χ3v) is 4.59. The van der Waals surface area contributed by atoms with Gasteiger partial charge >= 0.3 is 0 Å². The van der Waals surface area contributed by atoms with Gasteiger partial charge in [0.15, 0.2) is 6.61 Å². The molecule has 1 aliphatic heterocycles. The number of benzene rings is 2. The third kappa shape index (κ3) is 4.55. The molecule has 0 aromatic heterocycles. The maximum Gasteiger partial charge on any atom is 0.260 e. The van der Waals surface area contributed by atoms with Crippen LogP contribution in [0.15, 0.2) is 42.5 Å². The molecule has 0 atom stereocenters. The summed E-state index contributed by atoms with van der Waals surface area (Å²) in [7, 11) is 0. The van der Waals surface area contributed by atoms with Gasteiger partial charge in [-0.05, 0) is 48.9 Å². The van der Waals surface area contributed by atoms with Crippen molar-refractivity contribution in [3.63, 3.8) is 0 Å². The first-order valence-electron chi connectivity index (χ1n) is 8.75. The van der Waals surface area contributed by atoms with E-state index in [0.717, 1.165) is 5.56 Å². The molecule has 0 saturated carbocycles. The fourth-order valence-electron chi connectivity index (χ4n) is 2.97. The van der Waals surface area contributed by atoms with Crippen LogP contribution in [-0.4, -0.2) is 54.4 Å². The lowest BCUT2D eigenvalue weighted by atomic mass is 10.1. The van der Waals surface area contributed by atoms with E-state index in [9.17, 15) is 14.0 Å². The van der Waals surface area contributed by atoms with Crippen molar-refractivity contribution < 1.29 is 18.7 Å². The predicted octanol–water partition coefficient (Wildman–Crippen LogP) is 2.08. The van der Waals surface area contributed by atoms with E-state index in [4.69, 9.17) is 10.5 Å². The quantitative estimate of drug-likeness (QED) is 0.835. The molecule has 0 bridgehead atoms. The Morgan fingerprint density at radius 3 is 2.33 bits per heavy atom. The van der Waals surface area contributed by atoms with Gasteiger partial charge in [-0.25, -0.2) is 4.39 Å². The number of anilines is 1. The number of nitrogens with zero attached hydrogens (tertiary/aromatic N) is 2. The number of amides is 2. The molecule has 1 fully saturated rings. The normalized spacial score (nSPS) is 14.1. The summed E-state index contributed by atoms with van der Waals surface area (Å²) in [5, 5.41) is 0. The Morgan fingerprint density at radius 1 is 1.04 bits per heavy atom. The van der Waals surface area contributed by atoms with E-state index >= 15 is 0 Å². The number of rotatable bonds is 4. The van der Waals surface area contributed by atoms with Gasteiger partial charge in [0.2, 0.25) is 0 Å². The highest BCUT2D eigenvalue weighted by Gasteiger charge is 2.25. The molecular weight excluding hydrogens is 349 g/mol. The van der Waals surface area contributed by atoms with Crippen molar-refractivity contribution in [3.8, 4) is 5.75 Å². The minimum absolute atomic E-state index is 0.0746. The topological polar surface area (TPSA) is 75.9 Å². The highest BCUT2D eigenvalue weighted by atomic mass is 19.1. The lowest BCUT2D eigenvalue weighted by molar-refractivity contribution is -0.134. The zero-order valence-electron chi connectivity index (χ0n) is 15.2. The van der Waals surface area contributed by atoms with Gasteiger partial charge in [0.25, 0.3) is 11.8 Å². The van der Waals surface area contributed by atoms with E-state index in [1.54, 1.807) is 21.9 Å². The number of hydrogen-bond acceptors (Lipinski definition) is 4. The van der Waals surface area contributed by atoms with E-state index in [-0.39, 0.29) is 24.2 Å². The fraction of sp³-hybridized carbons (Fsp3) is 0.300. The maximum atomic E-state index is 12.9. The van der Waals surface area contributed by atoms with E-state index < -0.39 is 0 Å². The zero-order chi connectivity index (χ0) is 19.4. The van der Waals surface area contributed by atoms with Crippen molar-refractivity contribution in [3.05, 3.63) is 59.4 Å². The van der Waals surface area contributed by atoms with Crippen LogP contribution in [0.4, 0.5) is 10.1 Å². The zero-order valence-corrected chi connectivity index (χ0v) is 15.2. The van der Waals surface area contributed by atoms with Crippen molar-refractivity contribution in [2.45, 2.75) is 6.92 Å². The minimum atomic E-state index is -0.357. The number of nitrogens with two attached hydrogens (primary N) is 1. The number of piperazine rings is 1. The van der Waals surface area contributed by atoms with Gasteiger partial charge < -0.3 is 20.3 Å². The molecule has 2 aromatic rings. The van der Waals surface area contributed by atoms with Crippen LogP contribution in [0, 0.1) is 12.7 Å². The lowest BCUT2D eigenvalue weighted by Crippen LogP contribution is -2.51. The first kappa shape index (κ1) is 18.7. The second-order valence-corrected chi connectivity index (χ2v) is 6.49. The molecule has 2 aromatic carbocycles. The van der Waals surface area contributed by atoms with Gasteiger partial charge in [0, 0.05) is 37.4 Å². The van der Waals surface area contributed by atoms with E-state index in [1.807, 2.05) is 13.0 Å². The molecule has 7 heteroatoms. The molecule has 3 rings (SSSR count). The summed E-state index contributed by atoms with van der Waals surface area (Å²) >= 11 is 0. The van der Waals surface area contributed by atoms with Crippen LogP contribution in [0.1, 0.15) is 15.9 Å². The number of nitrogen functional groups attached to an aromatic ring is 1. The maximum absolute atomic E-state index is 12.9. The first-order valence-corrected chi connectivity index (χ1v) is 8.75. The van der Waals surface area contributed by atoms with Crippen LogP contribution in [-0.2, 0) is 4.79 Å². The first-order chi connectivity index (χ1) is 12.9. The summed E-state index contributed by atoms with van der Waals surface area (Å²) < 4.78 is 18.3. The average molecular weight is 371 g/mol. The summed E-state index contributed by atoms with van der Waals surface area (Å²) in [5.74, 6) is -0.151. The Balaban J connectivity index is 1.52. The average Bonchev–Trinajstić information content (AvgIpc) is 2.69. The fourth-order valence-corrected chi connectivity index (χ4v) is 2.97. The van der Waals surface area contributed by atoms with Gasteiger partial charge in [-0.15, -0.1) is 0 Å².